The molecule has 2 heterocycles. The molecule has 0 aliphatic carbocycles. The van der Waals surface area contributed by atoms with E-state index in [0.29, 0.717) is 30.9 Å². The van der Waals surface area contributed by atoms with Gasteiger partial charge >= 0.3 is 6.18 Å². The van der Waals surface area contributed by atoms with Gasteiger partial charge in [-0.25, -0.2) is 0 Å². The molecule has 1 saturated heterocycles. The fraction of sp³-hybridized carbons (Fsp3) is 0.450. The van der Waals surface area contributed by atoms with Gasteiger partial charge in [-0.3, -0.25) is 4.99 Å². The molecule has 1 aliphatic rings. The Balaban J connectivity index is 1.35. The van der Waals surface area contributed by atoms with Crippen LogP contribution in [-0.2, 0) is 6.18 Å². The Bertz CT molecular complexity index is 770. The number of guanidine groups is 1. The first kappa shape index (κ1) is 21.3. The second-order valence-electron chi connectivity index (χ2n) is 6.73. The second kappa shape index (κ2) is 9.87. The highest BCUT2D eigenvalue weighted by Gasteiger charge is 2.30. The lowest BCUT2D eigenvalue weighted by Crippen LogP contribution is -2.49. The molecule has 1 fully saturated rings. The summed E-state index contributed by atoms with van der Waals surface area (Å²) in [5, 5.41) is 10.0. The molecule has 1 aliphatic heterocycles. The van der Waals surface area contributed by atoms with Crippen LogP contribution in [0.2, 0.25) is 0 Å². The van der Waals surface area contributed by atoms with E-state index in [4.69, 9.17) is 4.74 Å². The number of thiophene rings is 1. The highest BCUT2D eigenvalue weighted by atomic mass is 32.1. The van der Waals surface area contributed by atoms with Crippen LogP contribution >= 0.6 is 11.3 Å². The fourth-order valence-corrected chi connectivity index (χ4v) is 3.95. The molecule has 158 valence electrons. The molecular formula is C20H25F3N4OS. The number of ether oxygens (including phenoxy) is 1. The number of halogens is 3. The summed E-state index contributed by atoms with van der Waals surface area (Å²) in [5.74, 6) is 1.11. The molecule has 5 nitrogen and oxygen atoms in total. The molecule has 0 radical (unpaired) electrons. The smallest absolute Gasteiger partial charge is 0.416 e. The van der Waals surface area contributed by atoms with Gasteiger partial charge in [-0.05, 0) is 54.6 Å². The van der Waals surface area contributed by atoms with Crippen LogP contribution < -0.4 is 20.3 Å². The standard InChI is InChI=1S/C20H25F3N4OS/c1-24-19(26-16-8-11-27(12-9-16)18-3-2-14-29-18)25-10-13-28-17-6-4-15(5-7-17)20(21,22)23/h2-7,14,16H,8-13H2,1H3,(H2,24,25,26). The van der Waals surface area contributed by atoms with E-state index in [1.807, 2.05) is 0 Å². The Morgan fingerprint density at radius 3 is 2.52 bits per heavy atom. The van der Waals surface area contributed by atoms with Gasteiger partial charge in [0.2, 0.25) is 0 Å². The lowest BCUT2D eigenvalue weighted by molar-refractivity contribution is -0.137. The third kappa shape index (κ3) is 6.28. The molecule has 2 aromatic rings. The first-order valence-corrected chi connectivity index (χ1v) is 10.4. The molecule has 3 rings (SSSR count). The number of piperidine rings is 1. The van der Waals surface area contributed by atoms with Crippen molar-refractivity contribution in [2.75, 3.05) is 38.2 Å². The van der Waals surface area contributed by atoms with Crippen molar-refractivity contribution in [1.29, 1.82) is 0 Å². The van der Waals surface area contributed by atoms with Gasteiger partial charge in [0, 0.05) is 26.2 Å². The van der Waals surface area contributed by atoms with E-state index in [9.17, 15) is 13.2 Å². The summed E-state index contributed by atoms with van der Waals surface area (Å²) in [4.78, 5) is 6.64. The van der Waals surface area contributed by atoms with Gasteiger partial charge in [-0.15, -0.1) is 11.3 Å². The zero-order valence-corrected chi connectivity index (χ0v) is 17.0. The van der Waals surface area contributed by atoms with Crippen molar-refractivity contribution < 1.29 is 17.9 Å². The average molecular weight is 427 g/mol. The van der Waals surface area contributed by atoms with Gasteiger partial charge in [0.15, 0.2) is 5.96 Å². The summed E-state index contributed by atoms with van der Waals surface area (Å²) >= 11 is 1.76. The second-order valence-corrected chi connectivity index (χ2v) is 7.65. The zero-order valence-electron chi connectivity index (χ0n) is 16.2. The van der Waals surface area contributed by atoms with E-state index >= 15 is 0 Å². The van der Waals surface area contributed by atoms with Crippen LogP contribution in [0.4, 0.5) is 18.2 Å². The van der Waals surface area contributed by atoms with E-state index < -0.39 is 11.7 Å². The number of benzene rings is 1. The van der Waals surface area contributed by atoms with Crippen molar-refractivity contribution in [3.63, 3.8) is 0 Å². The van der Waals surface area contributed by atoms with Crippen LogP contribution in [0.15, 0.2) is 46.8 Å². The average Bonchev–Trinajstić information content (AvgIpc) is 3.25. The predicted molar refractivity (Wildman–Crippen MR) is 111 cm³/mol. The minimum absolute atomic E-state index is 0.322. The molecule has 0 saturated carbocycles. The van der Waals surface area contributed by atoms with E-state index in [2.05, 4.69) is 38.0 Å². The molecular weight excluding hydrogens is 401 g/mol. The van der Waals surface area contributed by atoms with Crippen molar-refractivity contribution in [1.82, 2.24) is 10.6 Å². The van der Waals surface area contributed by atoms with Gasteiger partial charge in [-0.2, -0.15) is 13.2 Å². The Kier molecular flexibility index (Phi) is 7.24. The molecule has 0 spiro atoms. The largest absolute Gasteiger partial charge is 0.492 e. The Morgan fingerprint density at radius 1 is 1.21 bits per heavy atom. The molecule has 9 heteroatoms. The minimum atomic E-state index is -4.34. The quantitative estimate of drug-likeness (QED) is 0.417. The fourth-order valence-electron chi connectivity index (χ4n) is 3.16. The van der Waals surface area contributed by atoms with Gasteiger partial charge in [0.05, 0.1) is 17.1 Å². The number of hydrogen-bond acceptors (Lipinski definition) is 4. The molecule has 0 atom stereocenters. The lowest BCUT2D eigenvalue weighted by Gasteiger charge is -2.33. The number of alkyl halides is 3. The maximum atomic E-state index is 12.6. The van der Waals surface area contributed by atoms with E-state index in [1.165, 1.54) is 17.1 Å². The highest BCUT2D eigenvalue weighted by Crippen LogP contribution is 2.30. The number of aliphatic imine (C=N–C) groups is 1. The third-order valence-corrected chi connectivity index (χ3v) is 5.65. The highest BCUT2D eigenvalue weighted by molar-refractivity contribution is 7.14. The number of hydrogen-bond donors (Lipinski definition) is 2. The van der Waals surface area contributed by atoms with Crippen LogP contribution in [-0.4, -0.2) is 45.3 Å². The monoisotopic (exact) mass is 426 g/mol. The number of anilines is 1. The molecule has 1 aromatic heterocycles. The van der Waals surface area contributed by atoms with Crippen LogP contribution in [0.3, 0.4) is 0 Å². The Hall–Kier alpha value is -2.42. The number of nitrogens with one attached hydrogen (secondary N) is 2. The summed E-state index contributed by atoms with van der Waals surface area (Å²) in [5.41, 5.74) is -0.683. The first-order chi connectivity index (χ1) is 14.0. The summed E-state index contributed by atoms with van der Waals surface area (Å²) in [7, 11) is 1.72. The normalized spacial score (nSPS) is 16.0. The van der Waals surface area contributed by atoms with Crippen molar-refractivity contribution in [2.45, 2.75) is 25.1 Å². The van der Waals surface area contributed by atoms with Gasteiger partial charge in [-0.1, -0.05) is 0 Å². The maximum absolute atomic E-state index is 12.6. The maximum Gasteiger partial charge on any atom is 0.416 e. The van der Waals surface area contributed by atoms with Crippen LogP contribution in [0.5, 0.6) is 5.75 Å². The first-order valence-electron chi connectivity index (χ1n) is 9.51. The predicted octanol–water partition coefficient (Wildman–Crippen LogP) is 3.98. The molecule has 0 unspecified atom stereocenters. The van der Waals surface area contributed by atoms with Crippen molar-refractivity contribution in [2.24, 2.45) is 4.99 Å². The van der Waals surface area contributed by atoms with Crippen LogP contribution in [0.25, 0.3) is 0 Å². The molecule has 0 amide bonds. The topological polar surface area (TPSA) is 48.9 Å². The summed E-state index contributed by atoms with van der Waals surface area (Å²) < 4.78 is 43.2. The van der Waals surface area contributed by atoms with Crippen LogP contribution in [0.1, 0.15) is 18.4 Å². The number of nitrogens with zero attached hydrogens (tertiary/aromatic N) is 2. The SMILES string of the molecule is CN=C(NCCOc1ccc(C(F)(F)F)cc1)NC1CCN(c2cccs2)CC1. The minimum Gasteiger partial charge on any atom is -0.492 e. The van der Waals surface area contributed by atoms with E-state index in [0.717, 1.165) is 38.1 Å². The van der Waals surface area contributed by atoms with Crippen molar-refractivity contribution >= 4 is 22.3 Å². The van der Waals surface area contributed by atoms with Crippen LogP contribution in [0, 0.1) is 0 Å². The molecule has 0 bridgehead atoms. The zero-order chi connectivity index (χ0) is 20.7. The summed E-state index contributed by atoms with van der Waals surface area (Å²) in [6.07, 6.45) is -2.28. The third-order valence-electron chi connectivity index (χ3n) is 4.72. The van der Waals surface area contributed by atoms with Gasteiger partial charge < -0.3 is 20.3 Å². The number of rotatable bonds is 6. The molecule has 29 heavy (non-hydrogen) atoms. The summed E-state index contributed by atoms with van der Waals surface area (Å²) in [6, 6.07) is 9.28. The van der Waals surface area contributed by atoms with Gasteiger partial charge in [0.1, 0.15) is 12.4 Å². The Morgan fingerprint density at radius 2 is 1.93 bits per heavy atom. The van der Waals surface area contributed by atoms with Crippen molar-refractivity contribution in [3.8, 4) is 5.75 Å². The molecule has 1 aromatic carbocycles. The lowest BCUT2D eigenvalue weighted by atomic mass is 10.1. The molecule has 2 N–H and O–H groups in total. The van der Waals surface area contributed by atoms with Crippen molar-refractivity contribution in [3.05, 3.63) is 47.3 Å². The van der Waals surface area contributed by atoms with Gasteiger partial charge in [0.25, 0.3) is 0 Å². The van der Waals surface area contributed by atoms with E-state index in [-0.39, 0.29) is 0 Å². The van der Waals surface area contributed by atoms with E-state index in [1.54, 1.807) is 18.4 Å². The summed E-state index contributed by atoms with van der Waals surface area (Å²) in [6.45, 7) is 2.83. The Labute approximate surface area is 172 Å².